The molecule has 0 aliphatic carbocycles. The predicted octanol–water partition coefficient (Wildman–Crippen LogP) is 1.82. The maximum Gasteiger partial charge on any atom is 0.238 e. The van der Waals surface area contributed by atoms with Crippen LogP contribution in [-0.2, 0) is 23.1 Å². The van der Waals surface area contributed by atoms with E-state index < -0.39 is 10.0 Å². The number of sulfonamides is 1. The van der Waals surface area contributed by atoms with Crippen molar-refractivity contribution in [3.05, 3.63) is 41.4 Å². The Morgan fingerprint density at radius 2 is 2.20 bits per heavy atom. The van der Waals surface area contributed by atoms with Crippen LogP contribution >= 0.6 is 11.6 Å². The third kappa shape index (κ3) is 3.30. The maximum absolute atomic E-state index is 11.3. The Bertz CT molecular complexity index is 712. The lowest BCUT2D eigenvalue weighted by atomic mass is 10.3. The molecule has 1 heterocycles. The molecule has 0 saturated heterocycles. The molecule has 20 heavy (non-hydrogen) atoms. The first-order valence-electron chi connectivity index (χ1n) is 5.97. The number of imidazole rings is 1. The third-order valence-electron chi connectivity index (χ3n) is 2.87. The Kier molecular flexibility index (Phi) is 4.32. The van der Waals surface area contributed by atoms with Crippen molar-refractivity contribution in [3.8, 4) is 0 Å². The molecule has 1 aromatic carbocycles. The highest BCUT2D eigenvalue weighted by Gasteiger charge is 2.11. The van der Waals surface area contributed by atoms with E-state index in [1.165, 1.54) is 18.2 Å². The molecule has 1 aromatic heterocycles. The molecule has 6 nitrogen and oxygen atoms in total. The molecule has 0 aliphatic heterocycles. The van der Waals surface area contributed by atoms with Crippen LogP contribution in [-0.4, -0.2) is 18.0 Å². The molecule has 0 spiro atoms. The predicted molar refractivity (Wildman–Crippen MR) is 78.1 cm³/mol. The van der Waals surface area contributed by atoms with Crippen molar-refractivity contribution in [2.45, 2.75) is 24.9 Å². The highest BCUT2D eigenvalue weighted by Crippen LogP contribution is 2.25. The lowest BCUT2D eigenvalue weighted by Gasteiger charge is -2.11. The van der Waals surface area contributed by atoms with E-state index in [9.17, 15) is 8.42 Å². The zero-order valence-corrected chi connectivity index (χ0v) is 12.4. The van der Waals surface area contributed by atoms with E-state index in [4.69, 9.17) is 16.7 Å². The zero-order chi connectivity index (χ0) is 14.8. The van der Waals surface area contributed by atoms with Crippen molar-refractivity contribution in [2.75, 3.05) is 5.32 Å². The highest BCUT2D eigenvalue weighted by molar-refractivity contribution is 7.89. The van der Waals surface area contributed by atoms with Gasteiger partial charge >= 0.3 is 0 Å². The second-order valence-corrected chi connectivity index (χ2v) is 6.18. The summed E-state index contributed by atoms with van der Waals surface area (Å²) in [6, 6.07) is 4.30. The lowest BCUT2D eigenvalue weighted by Crippen LogP contribution is -2.13. The van der Waals surface area contributed by atoms with Crippen LogP contribution in [0.15, 0.2) is 35.6 Å². The fourth-order valence-electron chi connectivity index (χ4n) is 1.78. The van der Waals surface area contributed by atoms with E-state index >= 15 is 0 Å². The van der Waals surface area contributed by atoms with E-state index in [0.29, 0.717) is 17.3 Å². The lowest BCUT2D eigenvalue weighted by molar-refractivity contribution is 0.598. The first kappa shape index (κ1) is 14.8. The number of nitrogens with zero attached hydrogens (tertiary/aromatic N) is 2. The van der Waals surface area contributed by atoms with Crippen molar-refractivity contribution in [1.29, 1.82) is 0 Å². The topological polar surface area (TPSA) is 90.0 Å². The van der Waals surface area contributed by atoms with Gasteiger partial charge in [0.05, 0.1) is 34.2 Å². The summed E-state index contributed by atoms with van der Waals surface area (Å²) >= 11 is 6.04. The van der Waals surface area contributed by atoms with Crippen LogP contribution in [0.1, 0.15) is 12.6 Å². The van der Waals surface area contributed by atoms with Gasteiger partial charge in [0, 0.05) is 12.7 Å². The monoisotopic (exact) mass is 314 g/mol. The van der Waals surface area contributed by atoms with Crippen molar-refractivity contribution < 1.29 is 8.42 Å². The second-order valence-electron chi connectivity index (χ2n) is 4.21. The van der Waals surface area contributed by atoms with Gasteiger partial charge in [0.2, 0.25) is 10.0 Å². The Balaban J connectivity index is 2.21. The minimum Gasteiger partial charge on any atom is -0.378 e. The fraction of sp³-hybridized carbons (Fsp3) is 0.250. The largest absolute Gasteiger partial charge is 0.378 e. The van der Waals surface area contributed by atoms with E-state index in [0.717, 1.165) is 12.2 Å². The number of halogens is 1. The first-order chi connectivity index (χ1) is 9.41. The number of nitrogens with one attached hydrogen (secondary N) is 1. The number of rotatable bonds is 5. The molecule has 0 radical (unpaired) electrons. The number of hydrogen-bond acceptors (Lipinski definition) is 4. The van der Waals surface area contributed by atoms with Crippen LogP contribution in [0.5, 0.6) is 0 Å². The summed E-state index contributed by atoms with van der Waals surface area (Å²) in [4.78, 5) is 4.08. The van der Waals surface area contributed by atoms with Gasteiger partial charge in [0.15, 0.2) is 0 Å². The summed E-state index contributed by atoms with van der Waals surface area (Å²) in [6.45, 7) is 3.31. The van der Waals surface area contributed by atoms with Gasteiger partial charge in [0.25, 0.3) is 0 Å². The normalized spacial score (nSPS) is 11.6. The van der Waals surface area contributed by atoms with Crippen molar-refractivity contribution in [3.63, 3.8) is 0 Å². The summed E-state index contributed by atoms with van der Waals surface area (Å²) in [5, 5.41) is 8.62. The third-order valence-corrected chi connectivity index (χ3v) is 4.11. The molecule has 2 rings (SSSR count). The second kappa shape index (κ2) is 5.82. The zero-order valence-electron chi connectivity index (χ0n) is 10.9. The quantitative estimate of drug-likeness (QED) is 0.880. The van der Waals surface area contributed by atoms with Gasteiger partial charge in [-0.15, -0.1) is 0 Å². The number of hydrogen-bond donors (Lipinski definition) is 2. The molecule has 3 N–H and O–H groups in total. The van der Waals surface area contributed by atoms with Gasteiger partial charge in [-0.1, -0.05) is 11.6 Å². The number of nitrogens with two attached hydrogens (primary N) is 1. The van der Waals surface area contributed by atoms with Gasteiger partial charge in [-0.25, -0.2) is 18.5 Å². The molecule has 0 atom stereocenters. The van der Waals surface area contributed by atoms with Crippen LogP contribution in [0.25, 0.3) is 0 Å². The Labute approximate surface area is 122 Å². The van der Waals surface area contributed by atoms with Crippen LogP contribution in [0.2, 0.25) is 5.02 Å². The molecule has 2 aromatic rings. The van der Waals surface area contributed by atoms with Crippen LogP contribution < -0.4 is 10.5 Å². The molecular formula is C12H15ClN4O2S. The Hall–Kier alpha value is -1.57. The van der Waals surface area contributed by atoms with Crippen LogP contribution in [0.3, 0.4) is 0 Å². The SMILES string of the molecule is CCn1cncc1CNc1cc(S(N)(=O)=O)ccc1Cl. The van der Waals surface area contributed by atoms with Crippen LogP contribution in [0.4, 0.5) is 5.69 Å². The standard InChI is InChI=1S/C12H15ClN4O2S/c1-2-17-8-15-6-9(17)7-16-12-5-10(20(14,18)19)3-4-11(12)13/h3-6,8,16H,2,7H2,1H3,(H2,14,18,19). The number of benzene rings is 1. The molecule has 108 valence electrons. The number of anilines is 1. The van der Waals surface area contributed by atoms with Gasteiger partial charge in [0.1, 0.15) is 0 Å². The highest BCUT2D eigenvalue weighted by atomic mass is 35.5. The summed E-state index contributed by atoms with van der Waals surface area (Å²) < 4.78 is 24.6. The average Bonchev–Trinajstić information content (AvgIpc) is 2.83. The van der Waals surface area contributed by atoms with E-state index in [2.05, 4.69) is 10.3 Å². The van der Waals surface area contributed by atoms with E-state index in [-0.39, 0.29) is 4.90 Å². The average molecular weight is 315 g/mol. The fourth-order valence-corrected chi connectivity index (χ4v) is 2.51. The van der Waals surface area contributed by atoms with E-state index in [1.807, 2.05) is 11.5 Å². The summed E-state index contributed by atoms with van der Waals surface area (Å²) in [7, 11) is -3.74. The maximum atomic E-state index is 11.3. The van der Waals surface area contributed by atoms with Gasteiger partial charge < -0.3 is 9.88 Å². The van der Waals surface area contributed by atoms with E-state index in [1.54, 1.807) is 12.5 Å². The molecule has 0 aliphatic rings. The molecule has 0 fully saturated rings. The van der Waals surface area contributed by atoms with Gasteiger partial charge in [-0.2, -0.15) is 0 Å². The summed E-state index contributed by atoms with van der Waals surface area (Å²) in [5.41, 5.74) is 1.49. The minimum atomic E-state index is -3.74. The molecule has 0 bridgehead atoms. The van der Waals surface area contributed by atoms with Gasteiger partial charge in [-0.3, -0.25) is 0 Å². The summed E-state index contributed by atoms with van der Waals surface area (Å²) in [6.07, 6.45) is 3.48. The summed E-state index contributed by atoms with van der Waals surface area (Å²) in [5.74, 6) is 0. The number of primary sulfonamides is 1. The van der Waals surface area contributed by atoms with Crippen molar-refractivity contribution in [1.82, 2.24) is 9.55 Å². The first-order valence-corrected chi connectivity index (χ1v) is 7.89. The van der Waals surface area contributed by atoms with Crippen molar-refractivity contribution >= 4 is 27.3 Å². The number of aromatic nitrogens is 2. The van der Waals surface area contributed by atoms with Gasteiger partial charge in [-0.05, 0) is 25.1 Å². The molecule has 8 heteroatoms. The molecule has 0 unspecified atom stereocenters. The van der Waals surface area contributed by atoms with Crippen molar-refractivity contribution in [2.24, 2.45) is 5.14 Å². The molecule has 0 amide bonds. The number of aryl methyl sites for hydroxylation is 1. The smallest absolute Gasteiger partial charge is 0.238 e. The Morgan fingerprint density at radius 3 is 2.85 bits per heavy atom. The Morgan fingerprint density at radius 1 is 1.45 bits per heavy atom. The molecule has 0 saturated carbocycles. The molecular weight excluding hydrogens is 300 g/mol. The minimum absolute atomic E-state index is 0.0217. The van der Waals surface area contributed by atoms with Crippen LogP contribution in [0, 0.1) is 0 Å².